The molecule has 1 unspecified atom stereocenters. The van der Waals surface area contributed by atoms with Crippen LogP contribution in [0.5, 0.6) is 11.5 Å². The summed E-state index contributed by atoms with van der Waals surface area (Å²) in [5.41, 5.74) is 6.11. The molecule has 1 rings (SSSR count). The number of benzene rings is 1. The highest BCUT2D eigenvalue weighted by molar-refractivity contribution is 5.75. The van der Waals surface area contributed by atoms with E-state index >= 15 is 0 Å². The Bertz CT molecular complexity index is 377. The summed E-state index contributed by atoms with van der Waals surface area (Å²) >= 11 is 0. The molecule has 4 heteroatoms. The Hall–Kier alpha value is -1.71. The summed E-state index contributed by atoms with van der Waals surface area (Å²) in [5, 5.41) is 0. The average molecular weight is 223 g/mol. The third-order valence-electron chi connectivity index (χ3n) is 2.47. The number of carbonyl (C=O) groups excluding carboxylic acids is 1. The van der Waals surface area contributed by atoms with Crippen LogP contribution in [0, 0.1) is 0 Å². The van der Waals surface area contributed by atoms with E-state index in [2.05, 4.69) is 0 Å². The van der Waals surface area contributed by atoms with Crippen molar-refractivity contribution in [3.05, 3.63) is 23.8 Å². The number of rotatable bonds is 5. The van der Waals surface area contributed by atoms with Crippen molar-refractivity contribution >= 4 is 5.91 Å². The lowest BCUT2D eigenvalue weighted by molar-refractivity contribution is -0.118. The first kappa shape index (κ1) is 12.4. The normalized spacial score (nSPS) is 11.9. The van der Waals surface area contributed by atoms with Gasteiger partial charge in [0.25, 0.3) is 0 Å². The molecule has 0 bridgehead atoms. The average Bonchev–Trinajstić information content (AvgIpc) is 2.26. The molecule has 0 saturated heterocycles. The maximum atomic E-state index is 10.9. The van der Waals surface area contributed by atoms with Crippen molar-refractivity contribution in [3.8, 4) is 11.5 Å². The van der Waals surface area contributed by atoms with Crippen LogP contribution in [0.15, 0.2) is 18.2 Å². The number of ether oxygens (including phenoxy) is 2. The van der Waals surface area contributed by atoms with Gasteiger partial charge in [-0.1, -0.05) is 19.1 Å². The van der Waals surface area contributed by atoms with Crippen LogP contribution >= 0.6 is 0 Å². The van der Waals surface area contributed by atoms with Gasteiger partial charge in [-0.25, -0.2) is 0 Å². The van der Waals surface area contributed by atoms with E-state index in [1.807, 2.05) is 25.1 Å². The first-order valence-electron chi connectivity index (χ1n) is 5.09. The van der Waals surface area contributed by atoms with Crippen molar-refractivity contribution in [2.24, 2.45) is 5.73 Å². The van der Waals surface area contributed by atoms with Gasteiger partial charge in [0.15, 0.2) is 11.5 Å². The van der Waals surface area contributed by atoms with Gasteiger partial charge in [0, 0.05) is 12.0 Å². The zero-order valence-corrected chi connectivity index (χ0v) is 9.82. The van der Waals surface area contributed by atoms with E-state index in [1.165, 1.54) is 0 Å². The quantitative estimate of drug-likeness (QED) is 0.826. The number of amides is 1. The van der Waals surface area contributed by atoms with Gasteiger partial charge in [-0.2, -0.15) is 0 Å². The number of hydrogen-bond donors (Lipinski definition) is 1. The van der Waals surface area contributed by atoms with Crippen molar-refractivity contribution in [2.45, 2.75) is 19.3 Å². The van der Waals surface area contributed by atoms with Gasteiger partial charge in [-0.3, -0.25) is 4.79 Å². The van der Waals surface area contributed by atoms with E-state index in [0.717, 1.165) is 5.56 Å². The molecule has 0 radical (unpaired) electrons. The Morgan fingerprint density at radius 2 is 2.06 bits per heavy atom. The lowest BCUT2D eigenvalue weighted by atomic mass is 9.96. The Morgan fingerprint density at radius 3 is 2.56 bits per heavy atom. The molecule has 0 heterocycles. The fourth-order valence-electron chi connectivity index (χ4n) is 1.71. The Morgan fingerprint density at radius 1 is 1.38 bits per heavy atom. The summed E-state index contributed by atoms with van der Waals surface area (Å²) in [5.74, 6) is 1.02. The van der Waals surface area contributed by atoms with Crippen LogP contribution in [-0.2, 0) is 4.79 Å². The Balaban J connectivity index is 3.07. The van der Waals surface area contributed by atoms with E-state index < -0.39 is 0 Å². The van der Waals surface area contributed by atoms with E-state index in [-0.39, 0.29) is 11.8 Å². The first-order valence-corrected chi connectivity index (χ1v) is 5.09. The standard InChI is InChI=1S/C12H17NO3/c1-8(7-11(13)14)9-5-4-6-10(15-2)12(9)16-3/h4-6,8H,7H2,1-3H3,(H2,13,14). The van der Waals surface area contributed by atoms with E-state index in [0.29, 0.717) is 17.9 Å². The molecular formula is C12H17NO3. The molecular weight excluding hydrogens is 206 g/mol. The zero-order chi connectivity index (χ0) is 12.1. The third kappa shape index (κ3) is 2.66. The van der Waals surface area contributed by atoms with Gasteiger partial charge in [-0.15, -0.1) is 0 Å². The van der Waals surface area contributed by atoms with Crippen molar-refractivity contribution in [2.75, 3.05) is 14.2 Å². The fraction of sp³-hybridized carbons (Fsp3) is 0.417. The van der Waals surface area contributed by atoms with Crippen LogP contribution in [-0.4, -0.2) is 20.1 Å². The molecule has 88 valence electrons. The molecule has 0 aliphatic carbocycles. The van der Waals surface area contributed by atoms with Gasteiger partial charge in [-0.05, 0) is 12.0 Å². The maximum Gasteiger partial charge on any atom is 0.218 e. The largest absolute Gasteiger partial charge is 0.493 e. The monoisotopic (exact) mass is 223 g/mol. The second kappa shape index (κ2) is 5.39. The molecule has 0 fully saturated rings. The molecule has 1 aromatic carbocycles. The summed E-state index contributed by atoms with van der Waals surface area (Å²) in [6.45, 7) is 1.93. The molecule has 0 aromatic heterocycles. The summed E-state index contributed by atoms with van der Waals surface area (Å²) < 4.78 is 10.5. The van der Waals surface area contributed by atoms with Crippen molar-refractivity contribution < 1.29 is 14.3 Å². The lowest BCUT2D eigenvalue weighted by Gasteiger charge is -2.16. The number of hydrogen-bond acceptors (Lipinski definition) is 3. The predicted molar refractivity (Wildman–Crippen MR) is 61.8 cm³/mol. The summed E-state index contributed by atoms with van der Waals surface area (Å²) in [4.78, 5) is 10.9. The molecule has 4 nitrogen and oxygen atoms in total. The highest BCUT2D eigenvalue weighted by Gasteiger charge is 2.16. The van der Waals surface area contributed by atoms with Gasteiger partial charge in [0.2, 0.25) is 5.91 Å². The highest BCUT2D eigenvalue weighted by Crippen LogP contribution is 2.36. The van der Waals surface area contributed by atoms with Crippen LogP contribution in [0.4, 0.5) is 0 Å². The third-order valence-corrected chi connectivity index (χ3v) is 2.47. The van der Waals surface area contributed by atoms with E-state index in [9.17, 15) is 4.79 Å². The number of nitrogens with two attached hydrogens (primary N) is 1. The zero-order valence-electron chi connectivity index (χ0n) is 9.82. The second-order valence-electron chi connectivity index (χ2n) is 3.65. The van der Waals surface area contributed by atoms with Crippen LogP contribution in [0.3, 0.4) is 0 Å². The summed E-state index contributed by atoms with van der Waals surface area (Å²) in [6.07, 6.45) is 0.295. The summed E-state index contributed by atoms with van der Waals surface area (Å²) in [7, 11) is 3.17. The number of para-hydroxylation sites is 1. The molecule has 0 aliphatic heterocycles. The maximum absolute atomic E-state index is 10.9. The van der Waals surface area contributed by atoms with Crippen LogP contribution < -0.4 is 15.2 Å². The second-order valence-corrected chi connectivity index (χ2v) is 3.65. The van der Waals surface area contributed by atoms with Crippen molar-refractivity contribution in [3.63, 3.8) is 0 Å². The lowest BCUT2D eigenvalue weighted by Crippen LogP contribution is -2.14. The topological polar surface area (TPSA) is 61.5 Å². The smallest absolute Gasteiger partial charge is 0.218 e. The molecule has 0 saturated carbocycles. The fourth-order valence-corrected chi connectivity index (χ4v) is 1.71. The molecule has 1 aromatic rings. The minimum absolute atomic E-state index is 0.0162. The van der Waals surface area contributed by atoms with Crippen molar-refractivity contribution in [1.29, 1.82) is 0 Å². The van der Waals surface area contributed by atoms with Crippen molar-refractivity contribution in [1.82, 2.24) is 0 Å². The highest BCUT2D eigenvalue weighted by atomic mass is 16.5. The minimum atomic E-state index is -0.322. The summed E-state index contributed by atoms with van der Waals surface area (Å²) in [6, 6.07) is 5.60. The first-order chi connectivity index (χ1) is 7.60. The molecule has 1 atom stereocenters. The number of methoxy groups -OCH3 is 2. The van der Waals surface area contributed by atoms with Gasteiger partial charge >= 0.3 is 0 Å². The molecule has 1 amide bonds. The molecule has 16 heavy (non-hydrogen) atoms. The Labute approximate surface area is 95.3 Å². The Kier molecular flexibility index (Phi) is 4.17. The predicted octanol–water partition coefficient (Wildman–Crippen LogP) is 1.68. The SMILES string of the molecule is COc1cccc(C(C)CC(N)=O)c1OC. The number of primary amides is 1. The molecule has 0 aliphatic rings. The van der Waals surface area contributed by atoms with Crippen LogP contribution in [0.1, 0.15) is 24.8 Å². The number of carbonyl (C=O) groups is 1. The van der Waals surface area contributed by atoms with Gasteiger partial charge < -0.3 is 15.2 Å². The van der Waals surface area contributed by atoms with Crippen LogP contribution in [0.2, 0.25) is 0 Å². The molecule has 0 spiro atoms. The molecule has 2 N–H and O–H groups in total. The van der Waals surface area contributed by atoms with E-state index in [4.69, 9.17) is 15.2 Å². The van der Waals surface area contributed by atoms with Gasteiger partial charge in [0.1, 0.15) is 0 Å². The minimum Gasteiger partial charge on any atom is -0.493 e. The van der Waals surface area contributed by atoms with E-state index in [1.54, 1.807) is 14.2 Å². The van der Waals surface area contributed by atoms with Crippen LogP contribution in [0.25, 0.3) is 0 Å². The van der Waals surface area contributed by atoms with Gasteiger partial charge in [0.05, 0.1) is 14.2 Å².